The lowest BCUT2D eigenvalue weighted by Gasteiger charge is -2.12. The number of hydrogen-bond acceptors (Lipinski definition) is 19. The van der Waals surface area contributed by atoms with E-state index in [2.05, 4.69) is 149 Å². The van der Waals surface area contributed by atoms with Crippen LogP contribution in [0, 0.1) is 55.4 Å². The standard InChI is InChI=1S/C22H24N2OS.C21H22N2OS.C20H19ClN2OS.C20H20N2O2S.C19H16Cl2N2OS.C19H17ClN2OS/c1-4-18-8-10-19(11-9-18)14-20(25)15-26-22-23-12-13-24(22)21-7-5-6-16(2)17(21)3;1-15-4-6-18(7-5-15)13-20(24)14-25-21-22-8-9-23(21)19-11-16(2)10-17(3)12-19;1-2-15-3-5-16(6-4-15)13-19(24)14-25-20-22-11-12-23(20)18-9-7-17(21)8-10-18;1-15-6-8-16(9-7-15)12-18(23)14-25-20-21-10-11-22(20)17-4-3-5-19(13-17)24-2;1-13-5-6-14(10-18(13)21)9-17(24)12-25-19-22-7-8-23(19)16-4-2-3-15(20)11-16;1-14-5-7-15(8-6-14)11-18(23)13-24-19-21-9-10-22(19)17-4-2-3-16(20)12-17/h5-13H,4,14-15H2,1-3H3;4-12H,13-14H2,1-3H3;3-12H,2,13-14H2,1H3;3-11,13H,12,14H2,1-2H3;2-8,10-11H,9,12H2,1H3;2-10,12H,11,13H2,1H3. The number of ketones is 6. The first-order chi connectivity index (χ1) is 72.5. The number of methoxy groups -OCH3 is 1. The number of nitrogens with zero attached hydrogens (tertiary/aromatic N) is 12. The summed E-state index contributed by atoms with van der Waals surface area (Å²) in [5, 5.41) is 7.57. The molecule has 0 amide bonds. The van der Waals surface area contributed by atoms with Crippen molar-refractivity contribution in [2.45, 2.75) is 152 Å². The van der Waals surface area contributed by atoms with Crippen LogP contribution >= 0.6 is 117 Å². The SMILES string of the molecule is CCc1ccc(CC(=O)CSc2nccn2-c2ccc(Cl)cc2)cc1.CCc1ccc(CC(=O)CSc2nccn2-c2cccc(C)c2C)cc1.COc1cccc(-n2ccnc2SCC(=O)Cc2ccc(C)cc2)c1.Cc1ccc(CC(=O)CSc2nccn2-c2cc(C)cc(C)c2)cc1.Cc1ccc(CC(=O)CSc2nccn2-c2cccc(Cl)c2)cc1.Cc1ccc(CC(=O)CSc2nccn2-c2cccc(Cl)c2)cc1Cl. The molecule has 0 unspecified atom stereocenters. The fourth-order valence-corrected chi connectivity index (χ4v) is 21.1. The highest BCUT2D eigenvalue weighted by Crippen LogP contribution is 2.33. The van der Waals surface area contributed by atoms with Gasteiger partial charge < -0.3 is 4.74 Å². The van der Waals surface area contributed by atoms with E-state index in [1.54, 1.807) is 44.3 Å². The molecule has 0 saturated carbocycles. The van der Waals surface area contributed by atoms with Crippen LogP contribution in [0.1, 0.15) is 103 Å². The maximum Gasteiger partial charge on any atom is 0.173 e. The summed E-state index contributed by atoms with van der Waals surface area (Å²) in [5.74, 6) is 4.32. The zero-order chi connectivity index (χ0) is 106. The van der Waals surface area contributed by atoms with Gasteiger partial charge in [-0.05, 0) is 238 Å². The van der Waals surface area contributed by atoms with Gasteiger partial charge >= 0.3 is 0 Å². The minimum atomic E-state index is 0.130. The van der Waals surface area contributed by atoms with Crippen LogP contribution in [0.15, 0.2) is 378 Å². The fourth-order valence-electron chi connectivity index (χ4n) is 15.4. The largest absolute Gasteiger partial charge is 0.497 e. The molecule has 19 nitrogen and oxygen atoms in total. The van der Waals surface area contributed by atoms with Gasteiger partial charge in [-0.25, -0.2) is 29.9 Å². The number of aromatic nitrogens is 12. The minimum Gasteiger partial charge on any atom is -0.497 e. The van der Waals surface area contributed by atoms with E-state index in [1.807, 2.05) is 288 Å². The molecule has 6 aromatic heterocycles. The van der Waals surface area contributed by atoms with Crippen LogP contribution in [0.5, 0.6) is 5.75 Å². The summed E-state index contributed by atoms with van der Waals surface area (Å²) in [7, 11) is 1.65. The molecule has 0 atom stereocenters. The molecule has 0 aliphatic carbocycles. The van der Waals surface area contributed by atoms with Crippen molar-refractivity contribution < 1.29 is 33.5 Å². The topological polar surface area (TPSA) is 219 Å². The molecule has 0 aliphatic rings. The van der Waals surface area contributed by atoms with Crippen LogP contribution in [0.4, 0.5) is 0 Å². The van der Waals surface area contributed by atoms with E-state index in [4.69, 9.17) is 51.1 Å². The van der Waals surface area contributed by atoms with Crippen LogP contribution in [0.25, 0.3) is 34.1 Å². The van der Waals surface area contributed by atoms with Crippen LogP contribution < -0.4 is 4.74 Å². The Morgan fingerprint density at radius 2 is 0.553 bits per heavy atom. The number of aryl methyl sites for hydroxylation is 9. The second-order valence-electron chi connectivity index (χ2n) is 35.6. The van der Waals surface area contributed by atoms with Crippen molar-refractivity contribution in [3.63, 3.8) is 0 Å². The second kappa shape index (κ2) is 58.4. The van der Waals surface area contributed by atoms with Crippen molar-refractivity contribution in [3.05, 3.63) is 456 Å². The van der Waals surface area contributed by atoms with Crippen molar-refractivity contribution in [2.24, 2.45) is 0 Å². The lowest BCUT2D eigenvalue weighted by Crippen LogP contribution is -2.07. The summed E-state index contributed by atoms with van der Waals surface area (Å²) in [6.07, 6.45) is 26.6. The maximum absolute atomic E-state index is 12.4. The number of Topliss-reactive ketones (excluding diaryl/α,β-unsaturated/α-hetero) is 6. The summed E-state index contributed by atoms with van der Waals surface area (Å²) in [6.45, 7) is 20.7. The Bertz CT molecular complexity index is 7490. The highest BCUT2D eigenvalue weighted by molar-refractivity contribution is 8.01. The zero-order valence-corrected chi connectivity index (χ0v) is 93.4. The third-order valence-electron chi connectivity index (χ3n) is 23.6. The van der Waals surface area contributed by atoms with Crippen molar-refractivity contribution in [3.8, 4) is 39.9 Å². The molecule has 12 aromatic carbocycles. The molecular formula is C121H118Cl4N12O7S6. The molecule has 0 spiro atoms. The first-order valence-corrected chi connectivity index (χ1v) is 56.2. The Morgan fingerprint density at radius 1 is 0.260 bits per heavy atom. The number of hydrogen-bond donors (Lipinski definition) is 0. The number of carbonyl (C=O) groups excluding carboxylic acids is 6. The normalized spacial score (nSPS) is 10.8. The van der Waals surface area contributed by atoms with Crippen LogP contribution in [-0.4, -0.2) is 134 Å². The first-order valence-electron chi connectivity index (χ1n) is 48.8. The predicted octanol–water partition coefficient (Wildman–Crippen LogP) is 28.9. The molecule has 29 heteroatoms. The van der Waals surface area contributed by atoms with Gasteiger partial charge in [0.25, 0.3) is 0 Å². The first kappa shape index (κ1) is 114. The van der Waals surface area contributed by atoms with Gasteiger partial charge in [-0.1, -0.05) is 317 Å². The number of thioether (sulfide) groups is 6. The van der Waals surface area contributed by atoms with Crippen molar-refractivity contribution >= 4 is 152 Å². The van der Waals surface area contributed by atoms with E-state index in [9.17, 15) is 28.8 Å². The molecule has 6 heterocycles. The predicted molar refractivity (Wildman–Crippen MR) is 620 cm³/mol. The van der Waals surface area contributed by atoms with E-state index < -0.39 is 0 Å². The third kappa shape index (κ3) is 35.8. The fraction of sp³-hybridized carbons (Fsp3) is 0.207. The van der Waals surface area contributed by atoms with Crippen LogP contribution in [0.3, 0.4) is 0 Å². The van der Waals surface area contributed by atoms with Gasteiger partial charge in [-0.15, -0.1) is 0 Å². The highest BCUT2D eigenvalue weighted by atomic mass is 35.5. The Kier molecular flexibility index (Phi) is 44.4. The molecule has 0 bridgehead atoms. The molecule has 18 rings (SSSR count). The van der Waals surface area contributed by atoms with Gasteiger partial charge in [0.1, 0.15) is 40.4 Å². The summed E-state index contributed by atoms with van der Waals surface area (Å²) in [4.78, 5) is 100.0. The van der Waals surface area contributed by atoms with Crippen molar-refractivity contribution in [1.82, 2.24) is 57.3 Å². The maximum atomic E-state index is 12.4. The Balaban J connectivity index is 0.000000150. The molecular weight excluding hydrogens is 2070 g/mol. The van der Waals surface area contributed by atoms with Crippen molar-refractivity contribution in [2.75, 3.05) is 41.6 Å². The molecule has 0 fully saturated rings. The lowest BCUT2D eigenvalue weighted by molar-refractivity contribution is -0.116. The molecule has 0 radical (unpaired) electrons. The van der Waals surface area contributed by atoms with E-state index in [0.29, 0.717) is 93.1 Å². The van der Waals surface area contributed by atoms with E-state index >= 15 is 0 Å². The third-order valence-corrected chi connectivity index (χ3v) is 30.9. The smallest absolute Gasteiger partial charge is 0.173 e. The summed E-state index contributed by atoms with van der Waals surface area (Å²) in [5.41, 5.74) is 24.3. The monoisotopic (exact) mass is 2180 g/mol. The quantitative estimate of drug-likeness (QED) is 0.0327. The molecule has 150 heavy (non-hydrogen) atoms. The van der Waals surface area contributed by atoms with E-state index in [1.165, 1.54) is 121 Å². The molecule has 18 aromatic rings. The van der Waals surface area contributed by atoms with E-state index in [-0.39, 0.29) is 34.7 Å². The number of rotatable bonds is 39. The summed E-state index contributed by atoms with van der Waals surface area (Å²) < 4.78 is 17.2. The zero-order valence-electron chi connectivity index (χ0n) is 85.5. The number of carbonyl (C=O) groups is 6. The summed E-state index contributed by atoms with van der Waals surface area (Å²) in [6, 6.07) is 89.7. The van der Waals surface area contributed by atoms with Gasteiger partial charge in [0.15, 0.2) is 30.9 Å². The van der Waals surface area contributed by atoms with Gasteiger partial charge in [-0.3, -0.25) is 56.2 Å². The van der Waals surface area contributed by atoms with Crippen LogP contribution in [-0.2, 0) is 80.1 Å². The lowest BCUT2D eigenvalue weighted by atomic mass is 10.1. The van der Waals surface area contributed by atoms with Crippen molar-refractivity contribution in [1.29, 1.82) is 0 Å². The highest BCUT2D eigenvalue weighted by Gasteiger charge is 2.20. The second-order valence-corrected chi connectivity index (χ2v) is 43.0. The number of halogens is 4. The van der Waals surface area contributed by atoms with Crippen LogP contribution in [0.2, 0.25) is 20.1 Å². The van der Waals surface area contributed by atoms with Gasteiger partial charge in [0, 0.05) is 162 Å². The average Bonchev–Trinajstić information content (AvgIpc) is 1.67. The molecule has 0 aliphatic heterocycles. The number of ether oxygens (including phenoxy) is 1. The minimum absolute atomic E-state index is 0.130. The Morgan fingerprint density at radius 3 is 0.893 bits per heavy atom. The van der Waals surface area contributed by atoms with Gasteiger partial charge in [0.2, 0.25) is 0 Å². The number of benzene rings is 12. The molecule has 0 N–H and O–H groups in total. The molecule has 0 saturated heterocycles. The Labute approximate surface area is 924 Å². The van der Waals surface area contributed by atoms with Gasteiger partial charge in [0.05, 0.1) is 53.0 Å². The summed E-state index contributed by atoms with van der Waals surface area (Å²) >= 11 is 32.9. The molecule has 768 valence electrons. The van der Waals surface area contributed by atoms with E-state index in [0.717, 1.165) is 123 Å². The Hall–Kier alpha value is -13.0. The average molecular weight is 2190 g/mol. The number of imidazole rings is 6. The van der Waals surface area contributed by atoms with Gasteiger partial charge in [-0.2, -0.15) is 0 Å².